The molecule has 2 atom stereocenters. The van der Waals surface area contributed by atoms with Gasteiger partial charge in [0.2, 0.25) is 21.9 Å². The van der Waals surface area contributed by atoms with E-state index in [1.807, 2.05) is 0 Å². The van der Waals surface area contributed by atoms with E-state index in [1.54, 1.807) is 11.0 Å². The number of nitrogens with two attached hydrogens (primary N) is 1. The minimum atomic E-state index is -4.50. The number of halogens is 4. The minimum absolute atomic E-state index is 0.0487. The summed E-state index contributed by atoms with van der Waals surface area (Å²) in [5, 5.41) is 0. The molecule has 0 radical (unpaired) electrons. The van der Waals surface area contributed by atoms with Crippen molar-refractivity contribution in [2.24, 2.45) is 11.7 Å². The van der Waals surface area contributed by atoms with Crippen LogP contribution in [-0.2, 0) is 32.2 Å². The highest BCUT2D eigenvalue weighted by atomic mass is 32.2. The summed E-state index contributed by atoms with van der Waals surface area (Å²) in [4.78, 5) is 36.1. The van der Waals surface area contributed by atoms with Crippen LogP contribution in [0.2, 0.25) is 0 Å². The van der Waals surface area contributed by atoms with E-state index in [2.05, 4.69) is 9.97 Å². The number of nitrogens with zero attached hydrogens (tertiary/aromatic N) is 4. The van der Waals surface area contributed by atoms with E-state index in [1.165, 1.54) is 24.3 Å². The van der Waals surface area contributed by atoms with Gasteiger partial charge in [-0.2, -0.15) is 17.5 Å². The molecule has 0 aliphatic carbocycles. The molecule has 44 heavy (non-hydrogen) atoms. The van der Waals surface area contributed by atoms with E-state index in [0.717, 1.165) is 28.6 Å². The number of carbonyl (C=O) groups excluding carboxylic acids is 2. The number of Topliss-reactive ketones (excluding diaryl/α,β-unsaturated/α-hetero) is 1. The van der Waals surface area contributed by atoms with Crippen LogP contribution in [0.4, 0.5) is 23.5 Å². The molecule has 1 amide bonds. The Morgan fingerprint density at radius 1 is 0.955 bits per heavy atom. The van der Waals surface area contributed by atoms with Crippen molar-refractivity contribution in [2.75, 3.05) is 24.5 Å². The normalized spacial score (nSPS) is 19.7. The molecule has 1 unspecified atom stereocenters. The van der Waals surface area contributed by atoms with Crippen molar-refractivity contribution >= 4 is 27.7 Å². The fourth-order valence-electron chi connectivity index (χ4n) is 5.63. The fourth-order valence-corrected chi connectivity index (χ4v) is 7.31. The lowest BCUT2D eigenvalue weighted by Gasteiger charge is -2.31. The highest BCUT2D eigenvalue weighted by Crippen LogP contribution is 2.32. The molecule has 1 aromatic heterocycles. The average molecular weight is 634 g/mol. The molecule has 2 saturated heterocycles. The fraction of sp³-hybridized carbons (Fsp3) is 0.400. The highest BCUT2D eigenvalue weighted by molar-refractivity contribution is 7.89. The second-order valence-electron chi connectivity index (χ2n) is 11.0. The van der Waals surface area contributed by atoms with E-state index in [0.29, 0.717) is 49.2 Å². The molecule has 2 aliphatic rings. The van der Waals surface area contributed by atoms with Crippen LogP contribution >= 0.6 is 0 Å². The number of benzene rings is 2. The molecule has 14 heteroatoms. The standard InChI is InChI=1S/C30H31F4N5O4S/c31-22-9-12-24(13-10-22)44(42,43)39-16-2-4-26(39)27(40)14-11-23-17-25(19-5-7-21(8-6-19)30(32,33)34)37-29(36-23)38-15-1-3-20(18-38)28(35)41/h5-10,12-13,17,20,26H,1-4,11,14-16,18H2,(H2,35,41)/t20?,26-/m0/s1. The number of hydrogen-bond acceptors (Lipinski definition) is 7. The number of alkyl halides is 3. The van der Waals surface area contributed by atoms with E-state index < -0.39 is 45.4 Å². The van der Waals surface area contributed by atoms with Crippen LogP contribution in [0.3, 0.4) is 0 Å². The molecule has 9 nitrogen and oxygen atoms in total. The van der Waals surface area contributed by atoms with Gasteiger partial charge in [-0.25, -0.2) is 22.8 Å². The number of aromatic nitrogens is 2. The van der Waals surface area contributed by atoms with Gasteiger partial charge < -0.3 is 10.6 Å². The van der Waals surface area contributed by atoms with E-state index >= 15 is 0 Å². The third-order valence-electron chi connectivity index (χ3n) is 8.01. The van der Waals surface area contributed by atoms with E-state index in [-0.39, 0.29) is 42.6 Å². The SMILES string of the molecule is NC(=O)C1CCCN(c2nc(CCC(=O)[C@@H]3CCCN3S(=O)(=O)c3ccc(F)cc3)cc(-c3ccc(C(F)(F)F)cc3)n2)C1. The molecule has 2 aliphatic heterocycles. The van der Waals surface area contributed by atoms with Gasteiger partial charge in [-0.15, -0.1) is 0 Å². The zero-order valence-electron chi connectivity index (χ0n) is 23.6. The second-order valence-corrected chi connectivity index (χ2v) is 12.9. The number of carbonyl (C=O) groups is 2. The summed E-state index contributed by atoms with van der Waals surface area (Å²) >= 11 is 0. The lowest BCUT2D eigenvalue weighted by Crippen LogP contribution is -2.42. The Bertz CT molecular complexity index is 1630. The summed E-state index contributed by atoms with van der Waals surface area (Å²) in [7, 11) is -4.03. The quantitative estimate of drug-likeness (QED) is 0.347. The van der Waals surface area contributed by atoms with Crippen molar-refractivity contribution < 1.29 is 35.6 Å². The number of aryl methyl sites for hydroxylation is 1. The Morgan fingerprint density at radius 2 is 1.64 bits per heavy atom. The van der Waals surface area contributed by atoms with Crippen molar-refractivity contribution in [3.8, 4) is 11.3 Å². The molecule has 2 fully saturated rings. The van der Waals surface area contributed by atoms with Gasteiger partial charge in [0, 0.05) is 37.3 Å². The molecular formula is C30H31F4N5O4S. The number of hydrogen-bond donors (Lipinski definition) is 1. The smallest absolute Gasteiger partial charge is 0.369 e. The molecule has 0 spiro atoms. The van der Waals surface area contributed by atoms with Crippen molar-refractivity contribution in [2.45, 2.75) is 55.6 Å². The van der Waals surface area contributed by atoms with Crippen LogP contribution in [-0.4, -0.2) is 60.1 Å². The summed E-state index contributed by atoms with van der Waals surface area (Å²) in [6.07, 6.45) is -2.32. The third kappa shape index (κ3) is 6.91. The Balaban J connectivity index is 1.39. The average Bonchev–Trinajstić information content (AvgIpc) is 3.51. The van der Waals surface area contributed by atoms with E-state index in [9.17, 15) is 35.6 Å². The number of piperidine rings is 1. The van der Waals surface area contributed by atoms with Crippen molar-refractivity contribution in [1.29, 1.82) is 0 Å². The second kappa shape index (κ2) is 12.6. The van der Waals surface area contributed by atoms with Gasteiger partial charge in [0.1, 0.15) is 5.82 Å². The number of anilines is 1. The van der Waals surface area contributed by atoms with Crippen molar-refractivity contribution in [1.82, 2.24) is 14.3 Å². The first kappa shape index (κ1) is 31.5. The van der Waals surface area contributed by atoms with E-state index in [4.69, 9.17) is 5.73 Å². The summed E-state index contributed by atoms with van der Waals surface area (Å²) in [5.74, 6) is -1.49. The van der Waals surface area contributed by atoms with Crippen LogP contribution in [0.5, 0.6) is 0 Å². The Kier molecular flexibility index (Phi) is 9.02. The molecule has 2 N–H and O–H groups in total. The van der Waals surface area contributed by atoms with Crippen LogP contribution < -0.4 is 10.6 Å². The maximum atomic E-state index is 13.4. The van der Waals surface area contributed by atoms with Crippen LogP contribution in [0.15, 0.2) is 59.5 Å². The predicted molar refractivity (Wildman–Crippen MR) is 153 cm³/mol. The van der Waals surface area contributed by atoms with Gasteiger partial charge in [0.25, 0.3) is 0 Å². The van der Waals surface area contributed by atoms with Gasteiger partial charge in [0.05, 0.1) is 28.1 Å². The van der Waals surface area contributed by atoms with Gasteiger partial charge in [-0.1, -0.05) is 12.1 Å². The number of primary amides is 1. The summed E-state index contributed by atoms with van der Waals surface area (Å²) < 4.78 is 80.5. The molecule has 234 valence electrons. The third-order valence-corrected chi connectivity index (χ3v) is 9.93. The first-order valence-corrected chi connectivity index (χ1v) is 15.7. The zero-order chi connectivity index (χ0) is 31.6. The number of amides is 1. The van der Waals surface area contributed by atoms with Gasteiger partial charge in [-0.3, -0.25) is 9.59 Å². The highest BCUT2D eigenvalue weighted by Gasteiger charge is 2.39. The lowest BCUT2D eigenvalue weighted by atomic mass is 9.98. The number of ketones is 1. The predicted octanol–water partition coefficient (Wildman–Crippen LogP) is 4.36. The summed E-state index contributed by atoms with van der Waals surface area (Å²) in [5.41, 5.74) is 5.91. The molecule has 0 saturated carbocycles. The summed E-state index contributed by atoms with van der Waals surface area (Å²) in [6.45, 7) is 0.973. The minimum Gasteiger partial charge on any atom is -0.369 e. The molecule has 2 aromatic carbocycles. The van der Waals surface area contributed by atoms with Crippen molar-refractivity contribution in [3.05, 3.63) is 71.7 Å². The maximum Gasteiger partial charge on any atom is 0.416 e. The molecule has 5 rings (SSSR count). The topological polar surface area (TPSA) is 127 Å². The van der Waals surface area contributed by atoms with Gasteiger partial charge in [0.15, 0.2) is 5.78 Å². The van der Waals surface area contributed by atoms with Crippen molar-refractivity contribution in [3.63, 3.8) is 0 Å². The monoisotopic (exact) mass is 633 g/mol. The maximum absolute atomic E-state index is 13.4. The van der Waals surface area contributed by atoms with Crippen LogP contribution in [0, 0.1) is 11.7 Å². The lowest BCUT2D eigenvalue weighted by molar-refractivity contribution is -0.137. The first-order valence-electron chi connectivity index (χ1n) is 14.2. The largest absolute Gasteiger partial charge is 0.416 e. The molecule has 3 aromatic rings. The summed E-state index contributed by atoms with van der Waals surface area (Å²) in [6, 6.07) is 9.67. The Hall–Kier alpha value is -3.91. The first-order chi connectivity index (χ1) is 20.8. The number of sulfonamides is 1. The van der Waals surface area contributed by atoms with Gasteiger partial charge >= 0.3 is 6.18 Å². The Morgan fingerprint density at radius 3 is 2.30 bits per heavy atom. The van der Waals surface area contributed by atoms with Gasteiger partial charge in [-0.05, 0) is 74.6 Å². The molecule has 3 heterocycles. The van der Waals surface area contributed by atoms with Crippen LogP contribution in [0.25, 0.3) is 11.3 Å². The molecule has 0 bridgehead atoms. The molecular weight excluding hydrogens is 602 g/mol. The Labute approximate surface area is 252 Å². The van der Waals surface area contributed by atoms with Crippen LogP contribution in [0.1, 0.15) is 43.4 Å². The number of rotatable bonds is 9. The zero-order valence-corrected chi connectivity index (χ0v) is 24.5.